The van der Waals surface area contributed by atoms with E-state index in [4.69, 9.17) is 5.21 Å². The van der Waals surface area contributed by atoms with Crippen LogP contribution in [0.2, 0.25) is 0 Å². The average molecular weight is 294 g/mol. The summed E-state index contributed by atoms with van der Waals surface area (Å²) in [6.07, 6.45) is 2.79. The summed E-state index contributed by atoms with van der Waals surface area (Å²) in [4.78, 5) is 17.0. The molecule has 110 valence electrons. The zero-order valence-corrected chi connectivity index (χ0v) is 11.9. The van der Waals surface area contributed by atoms with Crippen molar-refractivity contribution < 1.29 is 5.21 Å². The molecule has 2 aromatic heterocycles. The van der Waals surface area contributed by atoms with Crippen LogP contribution in [0.4, 0.5) is 11.5 Å². The monoisotopic (exact) mass is 294 g/mol. The molecule has 0 aliphatic carbocycles. The number of aryl methyl sites for hydroxylation is 1. The van der Waals surface area contributed by atoms with Crippen LogP contribution in [0.1, 0.15) is 11.1 Å². The number of hydrogen-bond acceptors (Lipinski definition) is 5. The molecule has 3 aromatic rings. The average Bonchev–Trinajstić information content (AvgIpc) is 2.53. The molecule has 3 rings (SSSR count). The quantitative estimate of drug-likeness (QED) is 0.442. The Morgan fingerprint density at radius 1 is 1.23 bits per heavy atom. The highest BCUT2D eigenvalue weighted by atomic mass is 16.4. The second-order valence-electron chi connectivity index (χ2n) is 4.85. The molecule has 6 nitrogen and oxygen atoms in total. The summed E-state index contributed by atoms with van der Waals surface area (Å²) in [5, 5.41) is 14.9. The van der Waals surface area contributed by atoms with Crippen molar-refractivity contribution in [2.75, 3.05) is 5.32 Å². The van der Waals surface area contributed by atoms with E-state index >= 15 is 0 Å². The predicted molar refractivity (Wildman–Crippen MR) is 85.3 cm³/mol. The fraction of sp³-hybridized carbons (Fsp3) is 0.0625. The van der Waals surface area contributed by atoms with Crippen LogP contribution in [0, 0.1) is 6.92 Å². The van der Waals surface area contributed by atoms with Gasteiger partial charge in [-0.25, -0.2) is 4.98 Å². The highest BCUT2D eigenvalue weighted by Crippen LogP contribution is 2.16. The van der Waals surface area contributed by atoms with Crippen LogP contribution in [-0.2, 0) is 0 Å². The summed E-state index contributed by atoms with van der Waals surface area (Å²) >= 11 is 0. The Kier molecular flexibility index (Phi) is 3.57. The largest absolute Gasteiger partial charge is 0.411 e. The number of nitrogens with zero attached hydrogens (tertiary/aromatic N) is 3. The molecule has 0 spiro atoms. The number of aromatic nitrogens is 2. The fourth-order valence-corrected chi connectivity index (χ4v) is 2.19. The molecule has 0 aliphatic heterocycles. The number of fused-ring (bicyclic) bond motifs is 1. The standard InChI is InChI=1S/C16H14N4O2/c1-11-7-8-14-19-15(18-12-5-3-2-4-6-12)13(9-17-22)16(21)20(14)10-11/h2-10,18,22H,1H3/b17-9-. The first-order chi connectivity index (χ1) is 10.7. The van der Waals surface area contributed by atoms with E-state index in [0.717, 1.165) is 17.5 Å². The van der Waals surface area contributed by atoms with E-state index in [1.165, 1.54) is 4.40 Å². The lowest BCUT2D eigenvalue weighted by Crippen LogP contribution is -2.21. The lowest BCUT2D eigenvalue weighted by atomic mass is 10.2. The van der Waals surface area contributed by atoms with Gasteiger partial charge in [0.1, 0.15) is 17.0 Å². The van der Waals surface area contributed by atoms with E-state index in [2.05, 4.69) is 15.5 Å². The molecule has 0 bridgehead atoms. The Bertz CT molecular complexity index is 901. The molecule has 2 heterocycles. The third kappa shape index (κ3) is 2.54. The lowest BCUT2D eigenvalue weighted by Gasteiger charge is -2.10. The number of benzene rings is 1. The van der Waals surface area contributed by atoms with Gasteiger partial charge in [-0.1, -0.05) is 29.4 Å². The van der Waals surface area contributed by atoms with Gasteiger partial charge in [0, 0.05) is 11.9 Å². The van der Waals surface area contributed by atoms with Crippen LogP contribution < -0.4 is 10.9 Å². The van der Waals surface area contributed by atoms with Crippen molar-refractivity contribution in [1.29, 1.82) is 0 Å². The maximum absolute atomic E-state index is 12.6. The van der Waals surface area contributed by atoms with E-state index < -0.39 is 0 Å². The molecule has 2 N–H and O–H groups in total. The highest BCUT2D eigenvalue weighted by Gasteiger charge is 2.11. The molecular weight excluding hydrogens is 280 g/mol. The first-order valence-corrected chi connectivity index (χ1v) is 6.71. The molecule has 0 saturated heterocycles. The summed E-state index contributed by atoms with van der Waals surface area (Å²) in [5.41, 5.74) is 2.13. The zero-order chi connectivity index (χ0) is 15.5. The molecule has 0 amide bonds. The first kappa shape index (κ1) is 13.8. The molecule has 6 heteroatoms. The van der Waals surface area contributed by atoms with Gasteiger partial charge in [-0.05, 0) is 30.7 Å². The maximum atomic E-state index is 12.6. The van der Waals surface area contributed by atoms with Gasteiger partial charge in [0.25, 0.3) is 5.56 Å². The van der Waals surface area contributed by atoms with E-state index in [9.17, 15) is 4.79 Å². The molecule has 22 heavy (non-hydrogen) atoms. The van der Waals surface area contributed by atoms with Crippen molar-refractivity contribution in [3.63, 3.8) is 0 Å². The van der Waals surface area contributed by atoms with Crippen LogP contribution >= 0.6 is 0 Å². The van der Waals surface area contributed by atoms with E-state index in [-0.39, 0.29) is 11.1 Å². The minimum absolute atomic E-state index is 0.189. The third-order valence-electron chi connectivity index (χ3n) is 3.23. The number of rotatable bonds is 3. The smallest absolute Gasteiger partial charge is 0.269 e. The summed E-state index contributed by atoms with van der Waals surface area (Å²) in [5.74, 6) is 0.345. The summed E-state index contributed by atoms with van der Waals surface area (Å²) in [7, 11) is 0. The lowest BCUT2D eigenvalue weighted by molar-refractivity contribution is 0.322. The van der Waals surface area contributed by atoms with Crippen LogP contribution in [0.5, 0.6) is 0 Å². The van der Waals surface area contributed by atoms with Gasteiger partial charge in [0.15, 0.2) is 0 Å². The highest BCUT2D eigenvalue weighted by molar-refractivity contribution is 5.87. The van der Waals surface area contributed by atoms with Gasteiger partial charge in [-0.3, -0.25) is 9.20 Å². The molecular formula is C16H14N4O2. The first-order valence-electron chi connectivity index (χ1n) is 6.71. The number of pyridine rings is 1. The van der Waals surface area contributed by atoms with Crippen molar-refractivity contribution in [2.45, 2.75) is 6.92 Å². The van der Waals surface area contributed by atoms with Crippen LogP contribution in [0.3, 0.4) is 0 Å². The Labute approximate surface area is 126 Å². The van der Waals surface area contributed by atoms with Crippen molar-refractivity contribution in [3.8, 4) is 0 Å². The van der Waals surface area contributed by atoms with Gasteiger partial charge in [-0.15, -0.1) is 0 Å². The van der Waals surface area contributed by atoms with Crippen molar-refractivity contribution in [3.05, 3.63) is 70.1 Å². The number of anilines is 2. The SMILES string of the molecule is Cc1ccc2nc(Nc3ccccc3)c(/C=N\O)c(=O)n2c1. The summed E-state index contributed by atoms with van der Waals surface area (Å²) in [6, 6.07) is 13.0. The van der Waals surface area contributed by atoms with Crippen LogP contribution in [0.25, 0.3) is 5.65 Å². The van der Waals surface area contributed by atoms with Gasteiger partial charge in [0.05, 0.1) is 6.21 Å². The molecule has 0 aliphatic rings. The number of nitrogens with one attached hydrogen (secondary N) is 1. The summed E-state index contributed by atoms with van der Waals surface area (Å²) in [6.45, 7) is 1.89. The van der Waals surface area contributed by atoms with Crippen LogP contribution in [-0.4, -0.2) is 20.8 Å². The normalized spacial score (nSPS) is 11.1. The van der Waals surface area contributed by atoms with Gasteiger partial charge >= 0.3 is 0 Å². The van der Waals surface area contributed by atoms with E-state index in [1.54, 1.807) is 12.3 Å². The topological polar surface area (TPSA) is 79.0 Å². The predicted octanol–water partition coefficient (Wildman–Crippen LogP) is 2.55. The van der Waals surface area contributed by atoms with E-state index in [1.807, 2.05) is 43.3 Å². The Morgan fingerprint density at radius 3 is 2.73 bits per heavy atom. The Morgan fingerprint density at radius 2 is 2.00 bits per heavy atom. The minimum Gasteiger partial charge on any atom is -0.411 e. The summed E-state index contributed by atoms with van der Waals surface area (Å²) < 4.78 is 1.43. The Balaban J connectivity index is 2.22. The van der Waals surface area contributed by atoms with Crippen molar-refractivity contribution >= 4 is 23.4 Å². The molecule has 0 radical (unpaired) electrons. The van der Waals surface area contributed by atoms with Crippen molar-refractivity contribution in [2.24, 2.45) is 5.16 Å². The molecule has 0 atom stereocenters. The van der Waals surface area contributed by atoms with Gasteiger partial charge < -0.3 is 10.5 Å². The molecule has 0 saturated carbocycles. The van der Waals surface area contributed by atoms with Gasteiger partial charge in [-0.2, -0.15) is 0 Å². The third-order valence-corrected chi connectivity index (χ3v) is 3.23. The number of oxime groups is 1. The second-order valence-corrected chi connectivity index (χ2v) is 4.85. The maximum Gasteiger partial charge on any atom is 0.269 e. The minimum atomic E-state index is -0.301. The molecule has 0 fully saturated rings. The Hall–Kier alpha value is -3.15. The number of hydrogen-bond donors (Lipinski definition) is 2. The zero-order valence-electron chi connectivity index (χ0n) is 11.9. The van der Waals surface area contributed by atoms with E-state index in [0.29, 0.717) is 11.5 Å². The molecule has 0 unspecified atom stereocenters. The van der Waals surface area contributed by atoms with Crippen molar-refractivity contribution in [1.82, 2.24) is 9.38 Å². The van der Waals surface area contributed by atoms with Gasteiger partial charge in [0.2, 0.25) is 0 Å². The van der Waals surface area contributed by atoms with Crippen LogP contribution in [0.15, 0.2) is 58.6 Å². The fourth-order valence-electron chi connectivity index (χ4n) is 2.19. The second kappa shape index (κ2) is 5.69. The number of para-hydroxylation sites is 1. The molecule has 1 aromatic carbocycles.